The van der Waals surface area contributed by atoms with Crippen molar-refractivity contribution in [2.75, 3.05) is 11.9 Å². The number of benzene rings is 1. The van der Waals surface area contributed by atoms with Crippen LogP contribution in [0.4, 0.5) is 10.5 Å². The first kappa shape index (κ1) is 15.4. The summed E-state index contributed by atoms with van der Waals surface area (Å²) in [5.74, 6) is -0.160. The number of carbonyl (C=O) groups excluding carboxylic acids is 2. The van der Waals surface area contributed by atoms with Gasteiger partial charge in [-0.05, 0) is 32.9 Å². The van der Waals surface area contributed by atoms with E-state index in [1.54, 1.807) is 32.7 Å². The molecule has 0 aliphatic carbocycles. The minimum Gasteiger partial charge on any atom is -0.444 e. The summed E-state index contributed by atoms with van der Waals surface area (Å²) in [6.07, 6.45) is 1.35. The van der Waals surface area contributed by atoms with Crippen LogP contribution < -0.4 is 10.2 Å². The Morgan fingerprint density at radius 2 is 2.04 bits per heavy atom. The van der Waals surface area contributed by atoms with Gasteiger partial charge in [0.15, 0.2) is 0 Å². The van der Waals surface area contributed by atoms with Crippen molar-refractivity contribution in [3.8, 4) is 0 Å². The zero-order valence-corrected chi connectivity index (χ0v) is 13.8. The van der Waals surface area contributed by atoms with Gasteiger partial charge in [0.25, 0.3) is 5.91 Å². The lowest BCUT2D eigenvalue weighted by molar-refractivity contribution is -0.120. The number of carbonyl (C=O) groups is 2. The summed E-state index contributed by atoms with van der Waals surface area (Å²) in [6.45, 7) is 5.75. The highest BCUT2D eigenvalue weighted by atomic mass is 16.6. The molecule has 0 spiro atoms. The van der Waals surface area contributed by atoms with E-state index in [0.29, 0.717) is 6.54 Å². The number of nitrogens with zero attached hydrogens (tertiary/aromatic N) is 2. The second-order valence-electron chi connectivity index (χ2n) is 6.78. The van der Waals surface area contributed by atoms with Crippen molar-refractivity contribution in [3.05, 3.63) is 30.5 Å². The number of hydrogen-bond donors (Lipinski definition) is 1. The van der Waals surface area contributed by atoms with Crippen LogP contribution in [0.5, 0.6) is 0 Å². The smallest absolute Gasteiger partial charge is 0.408 e. The van der Waals surface area contributed by atoms with Crippen molar-refractivity contribution in [2.45, 2.75) is 39.0 Å². The number of likely N-dealkylation sites (N-methyl/N-ethyl adjacent to an activating group) is 1. The van der Waals surface area contributed by atoms with Crippen LogP contribution in [0.1, 0.15) is 20.8 Å². The van der Waals surface area contributed by atoms with E-state index < -0.39 is 17.7 Å². The Morgan fingerprint density at radius 3 is 2.74 bits per heavy atom. The molecule has 1 aromatic carbocycles. The van der Waals surface area contributed by atoms with E-state index in [1.165, 1.54) is 0 Å². The number of amides is 2. The molecule has 0 radical (unpaired) electrons. The summed E-state index contributed by atoms with van der Waals surface area (Å²) in [5.41, 5.74) is 1.23. The third kappa shape index (κ3) is 2.88. The molecular weight excluding hydrogens is 294 g/mol. The maximum atomic E-state index is 12.7. The van der Waals surface area contributed by atoms with Crippen LogP contribution in [0.15, 0.2) is 30.5 Å². The van der Waals surface area contributed by atoms with E-state index in [-0.39, 0.29) is 5.91 Å². The van der Waals surface area contributed by atoms with E-state index >= 15 is 0 Å². The van der Waals surface area contributed by atoms with E-state index in [1.807, 2.05) is 35.0 Å². The number of alkyl carbamates (subject to hydrolysis) is 1. The Kier molecular flexibility index (Phi) is 3.55. The molecule has 1 aromatic heterocycles. The number of aromatic nitrogens is 1. The molecule has 1 aliphatic heterocycles. The number of hydrogen-bond acceptors (Lipinski definition) is 3. The molecule has 1 aliphatic rings. The lowest BCUT2D eigenvalue weighted by Crippen LogP contribution is -2.49. The largest absolute Gasteiger partial charge is 0.444 e. The molecule has 23 heavy (non-hydrogen) atoms. The van der Waals surface area contributed by atoms with E-state index in [9.17, 15) is 9.59 Å². The molecular formula is C17H21N3O3. The minimum absolute atomic E-state index is 0.160. The Bertz CT molecular complexity index is 773. The summed E-state index contributed by atoms with van der Waals surface area (Å²) < 4.78 is 7.26. The van der Waals surface area contributed by atoms with Crippen LogP contribution in [0.25, 0.3) is 10.9 Å². The highest BCUT2D eigenvalue weighted by Gasteiger charge is 2.31. The summed E-state index contributed by atoms with van der Waals surface area (Å²) >= 11 is 0. The van der Waals surface area contributed by atoms with Crippen LogP contribution in [-0.4, -0.2) is 35.3 Å². The first-order chi connectivity index (χ1) is 10.8. The molecule has 0 fully saturated rings. The lowest BCUT2D eigenvalue weighted by Gasteiger charge is -2.24. The van der Waals surface area contributed by atoms with Gasteiger partial charge in [0.1, 0.15) is 11.6 Å². The van der Waals surface area contributed by atoms with Crippen LogP contribution >= 0.6 is 0 Å². The van der Waals surface area contributed by atoms with Crippen molar-refractivity contribution in [1.29, 1.82) is 0 Å². The number of anilines is 1. The van der Waals surface area contributed by atoms with Gasteiger partial charge in [-0.25, -0.2) is 4.79 Å². The second-order valence-corrected chi connectivity index (χ2v) is 6.78. The summed E-state index contributed by atoms with van der Waals surface area (Å²) in [4.78, 5) is 26.3. The second kappa shape index (κ2) is 5.30. The van der Waals surface area contributed by atoms with Gasteiger partial charge in [-0.15, -0.1) is 0 Å². The molecule has 6 nitrogen and oxygen atoms in total. The van der Waals surface area contributed by atoms with Crippen molar-refractivity contribution in [1.82, 2.24) is 9.88 Å². The van der Waals surface area contributed by atoms with E-state index in [4.69, 9.17) is 4.74 Å². The molecule has 1 atom stereocenters. The van der Waals surface area contributed by atoms with Crippen molar-refractivity contribution < 1.29 is 14.3 Å². The first-order valence-corrected chi connectivity index (χ1v) is 7.61. The summed E-state index contributed by atoms with van der Waals surface area (Å²) in [7, 11) is 1.73. The molecule has 2 amide bonds. The van der Waals surface area contributed by atoms with Crippen molar-refractivity contribution in [2.24, 2.45) is 0 Å². The Labute approximate surface area is 135 Å². The normalized spacial score (nSPS) is 18.0. The molecule has 0 saturated heterocycles. The van der Waals surface area contributed by atoms with Crippen LogP contribution in [-0.2, 0) is 16.1 Å². The predicted molar refractivity (Wildman–Crippen MR) is 88.5 cm³/mol. The van der Waals surface area contributed by atoms with E-state index in [0.717, 1.165) is 16.6 Å². The molecule has 6 heteroatoms. The SMILES string of the molecule is CN1C(=O)C(NC(=O)OC(C)(C)C)Cn2ccc3cccc1c32. The molecule has 0 bridgehead atoms. The third-order valence-electron chi connectivity index (χ3n) is 3.83. The molecule has 1 N–H and O–H groups in total. The lowest BCUT2D eigenvalue weighted by atomic mass is 10.2. The highest BCUT2D eigenvalue weighted by molar-refractivity contribution is 6.06. The van der Waals surface area contributed by atoms with Gasteiger partial charge in [0, 0.05) is 18.6 Å². The average molecular weight is 315 g/mol. The van der Waals surface area contributed by atoms with Crippen LogP contribution in [0, 0.1) is 0 Å². The average Bonchev–Trinajstić information content (AvgIpc) is 2.82. The van der Waals surface area contributed by atoms with Crippen LogP contribution in [0.2, 0.25) is 0 Å². The number of para-hydroxylation sites is 1. The fraction of sp³-hybridized carbons (Fsp3) is 0.412. The first-order valence-electron chi connectivity index (χ1n) is 7.61. The van der Waals surface area contributed by atoms with Gasteiger partial charge < -0.3 is 19.5 Å². The minimum atomic E-state index is -0.669. The fourth-order valence-electron chi connectivity index (χ4n) is 2.85. The molecule has 122 valence electrons. The highest BCUT2D eigenvalue weighted by Crippen LogP contribution is 2.30. The number of ether oxygens (including phenoxy) is 1. The van der Waals surface area contributed by atoms with Gasteiger partial charge in [0.2, 0.25) is 0 Å². The molecule has 2 heterocycles. The molecule has 3 rings (SSSR count). The van der Waals surface area contributed by atoms with Crippen molar-refractivity contribution in [3.63, 3.8) is 0 Å². The summed E-state index contributed by atoms with van der Waals surface area (Å²) in [5, 5.41) is 3.76. The summed E-state index contributed by atoms with van der Waals surface area (Å²) in [6, 6.07) is 7.18. The standard InChI is InChI=1S/C17H21N3O3/c1-17(2,3)23-16(22)18-12-10-20-9-8-11-6-5-7-13(14(11)20)19(4)15(12)21/h5-9,12H,10H2,1-4H3,(H,18,22). The molecule has 2 aromatic rings. The van der Waals surface area contributed by atoms with Crippen LogP contribution in [0.3, 0.4) is 0 Å². The maximum absolute atomic E-state index is 12.7. The zero-order chi connectivity index (χ0) is 16.8. The van der Waals surface area contributed by atoms with E-state index in [2.05, 4.69) is 5.32 Å². The van der Waals surface area contributed by atoms with Gasteiger partial charge in [-0.1, -0.05) is 12.1 Å². The van der Waals surface area contributed by atoms with Gasteiger partial charge in [-0.3, -0.25) is 4.79 Å². The Morgan fingerprint density at radius 1 is 1.30 bits per heavy atom. The topological polar surface area (TPSA) is 63.6 Å². The monoisotopic (exact) mass is 315 g/mol. The fourth-order valence-corrected chi connectivity index (χ4v) is 2.85. The van der Waals surface area contributed by atoms with Gasteiger partial charge in [0.05, 0.1) is 17.7 Å². The number of rotatable bonds is 1. The predicted octanol–water partition coefficient (Wildman–Crippen LogP) is 2.51. The van der Waals surface area contributed by atoms with Gasteiger partial charge in [-0.2, -0.15) is 0 Å². The molecule has 1 unspecified atom stereocenters. The number of nitrogens with one attached hydrogen (secondary N) is 1. The Balaban J connectivity index is 1.91. The van der Waals surface area contributed by atoms with Crippen molar-refractivity contribution >= 4 is 28.6 Å². The Hall–Kier alpha value is -2.50. The maximum Gasteiger partial charge on any atom is 0.408 e. The zero-order valence-electron chi connectivity index (χ0n) is 13.8. The van der Waals surface area contributed by atoms with Gasteiger partial charge >= 0.3 is 6.09 Å². The molecule has 0 saturated carbocycles. The quantitative estimate of drug-likeness (QED) is 0.879. The third-order valence-corrected chi connectivity index (χ3v) is 3.83.